The van der Waals surface area contributed by atoms with Crippen molar-refractivity contribution in [3.8, 4) is 0 Å². The Morgan fingerprint density at radius 1 is 1.10 bits per heavy atom. The molecule has 0 spiro atoms. The van der Waals surface area contributed by atoms with Gasteiger partial charge in [0.1, 0.15) is 4.60 Å². The lowest BCUT2D eigenvalue weighted by Crippen LogP contribution is -2.19. The van der Waals surface area contributed by atoms with Gasteiger partial charge >= 0.3 is 0 Å². The maximum absolute atomic E-state index is 12.2. The van der Waals surface area contributed by atoms with E-state index in [9.17, 15) is 9.59 Å². The van der Waals surface area contributed by atoms with Crippen molar-refractivity contribution in [1.82, 2.24) is 10.3 Å². The fourth-order valence-electron chi connectivity index (χ4n) is 1.75. The number of benzene rings is 1. The second-order valence-corrected chi connectivity index (χ2v) is 5.25. The fraction of sp³-hybridized carbons (Fsp3) is 0.133. The average Bonchev–Trinajstić information content (AvgIpc) is 2.49. The zero-order chi connectivity index (χ0) is 15.4. The molecule has 0 saturated heterocycles. The number of amides is 2. The topological polar surface area (TPSA) is 71.1 Å². The van der Waals surface area contributed by atoms with E-state index in [1.165, 1.54) is 6.20 Å². The van der Waals surface area contributed by atoms with Gasteiger partial charge in [0.25, 0.3) is 11.8 Å². The number of pyridine rings is 1. The molecule has 108 valence electrons. The first-order valence-electron chi connectivity index (χ1n) is 6.27. The van der Waals surface area contributed by atoms with Crippen LogP contribution >= 0.6 is 15.9 Å². The molecule has 1 aromatic carbocycles. The second-order valence-electron chi connectivity index (χ2n) is 4.43. The van der Waals surface area contributed by atoms with Crippen LogP contribution in [0.1, 0.15) is 26.3 Å². The molecule has 2 amide bonds. The summed E-state index contributed by atoms with van der Waals surface area (Å²) in [6.45, 7) is 1.86. The van der Waals surface area contributed by atoms with Crippen molar-refractivity contribution < 1.29 is 9.59 Å². The largest absolute Gasteiger partial charge is 0.355 e. The van der Waals surface area contributed by atoms with Gasteiger partial charge in [-0.1, -0.05) is 6.07 Å². The monoisotopic (exact) mass is 347 g/mol. The molecule has 2 rings (SSSR count). The zero-order valence-electron chi connectivity index (χ0n) is 11.6. The van der Waals surface area contributed by atoms with Gasteiger partial charge in [-0.3, -0.25) is 9.59 Å². The normalized spacial score (nSPS) is 10.0. The van der Waals surface area contributed by atoms with E-state index in [0.29, 0.717) is 21.4 Å². The highest BCUT2D eigenvalue weighted by molar-refractivity contribution is 9.10. The minimum absolute atomic E-state index is 0.198. The molecule has 0 bridgehead atoms. The van der Waals surface area contributed by atoms with E-state index in [-0.39, 0.29) is 11.8 Å². The number of nitrogens with one attached hydrogen (secondary N) is 2. The van der Waals surface area contributed by atoms with Gasteiger partial charge in [-0.25, -0.2) is 4.98 Å². The van der Waals surface area contributed by atoms with Crippen molar-refractivity contribution >= 4 is 33.4 Å². The summed E-state index contributed by atoms with van der Waals surface area (Å²) in [5, 5.41) is 5.34. The van der Waals surface area contributed by atoms with E-state index in [1.807, 2.05) is 6.92 Å². The third-order valence-electron chi connectivity index (χ3n) is 2.96. The first kappa shape index (κ1) is 15.2. The Balaban J connectivity index is 2.24. The number of hydrogen-bond acceptors (Lipinski definition) is 3. The van der Waals surface area contributed by atoms with Crippen molar-refractivity contribution in [1.29, 1.82) is 0 Å². The van der Waals surface area contributed by atoms with Crippen LogP contribution in [-0.4, -0.2) is 23.8 Å². The van der Waals surface area contributed by atoms with Gasteiger partial charge < -0.3 is 10.6 Å². The van der Waals surface area contributed by atoms with E-state index in [2.05, 4.69) is 31.5 Å². The third-order valence-corrected chi connectivity index (χ3v) is 3.43. The molecule has 0 radical (unpaired) electrons. The fourth-order valence-corrected chi connectivity index (χ4v) is 1.98. The molecule has 0 aliphatic heterocycles. The number of anilines is 1. The lowest BCUT2D eigenvalue weighted by Gasteiger charge is -2.10. The van der Waals surface area contributed by atoms with Crippen LogP contribution in [-0.2, 0) is 0 Å². The smallest absolute Gasteiger partial charge is 0.257 e. The Morgan fingerprint density at radius 3 is 2.43 bits per heavy atom. The number of aryl methyl sites for hydroxylation is 1. The number of nitrogens with zero attached hydrogens (tertiary/aromatic N) is 1. The van der Waals surface area contributed by atoms with Gasteiger partial charge in [-0.2, -0.15) is 0 Å². The molecule has 6 heteroatoms. The SMILES string of the molecule is CNC(=O)c1ccc(C)c(NC(=O)c2ccc(Br)nc2)c1. The highest BCUT2D eigenvalue weighted by atomic mass is 79.9. The molecule has 0 fully saturated rings. The second kappa shape index (κ2) is 6.49. The highest BCUT2D eigenvalue weighted by Crippen LogP contribution is 2.18. The maximum Gasteiger partial charge on any atom is 0.257 e. The highest BCUT2D eigenvalue weighted by Gasteiger charge is 2.11. The molecular formula is C15H14BrN3O2. The van der Waals surface area contributed by atoms with Gasteiger partial charge in [0.2, 0.25) is 0 Å². The standard InChI is InChI=1S/C15H14BrN3O2/c1-9-3-4-10(14(20)17-2)7-12(9)19-15(21)11-5-6-13(16)18-8-11/h3-8H,1-2H3,(H,17,20)(H,19,21). The summed E-state index contributed by atoms with van der Waals surface area (Å²) in [6.07, 6.45) is 1.48. The lowest BCUT2D eigenvalue weighted by molar-refractivity contribution is 0.0961. The molecule has 0 unspecified atom stereocenters. The van der Waals surface area contributed by atoms with E-state index < -0.39 is 0 Å². The molecule has 5 nitrogen and oxygen atoms in total. The summed E-state index contributed by atoms with van der Waals surface area (Å²) in [7, 11) is 1.56. The quantitative estimate of drug-likeness (QED) is 0.838. The first-order valence-corrected chi connectivity index (χ1v) is 7.06. The first-order chi connectivity index (χ1) is 10.0. The number of carbonyl (C=O) groups excluding carboxylic acids is 2. The number of carbonyl (C=O) groups is 2. The Morgan fingerprint density at radius 2 is 1.81 bits per heavy atom. The Bertz CT molecular complexity index is 684. The molecule has 1 heterocycles. The number of aromatic nitrogens is 1. The van der Waals surface area contributed by atoms with Crippen LogP contribution in [0.25, 0.3) is 0 Å². The van der Waals surface area contributed by atoms with Gasteiger partial charge in [-0.15, -0.1) is 0 Å². The summed E-state index contributed by atoms with van der Waals surface area (Å²) in [4.78, 5) is 27.8. The van der Waals surface area contributed by atoms with Crippen molar-refractivity contribution in [3.05, 3.63) is 57.8 Å². The summed E-state index contributed by atoms with van der Waals surface area (Å²) < 4.78 is 0.664. The van der Waals surface area contributed by atoms with Crippen molar-refractivity contribution in [3.63, 3.8) is 0 Å². The van der Waals surface area contributed by atoms with Gasteiger partial charge in [0, 0.05) is 24.5 Å². The van der Waals surface area contributed by atoms with E-state index in [0.717, 1.165) is 5.56 Å². The predicted octanol–water partition coefficient (Wildman–Crippen LogP) is 2.76. The molecule has 2 aromatic rings. The summed E-state index contributed by atoms with van der Waals surface area (Å²) in [5.74, 6) is -0.469. The van der Waals surface area contributed by atoms with E-state index >= 15 is 0 Å². The van der Waals surface area contributed by atoms with Gasteiger partial charge in [0.05, 0.1) is 5.56 Å². The van der Waals surface area contributed by atoms with Gasteiger partial charge in [0.15, 0.2) is 0 Å². The van der Waals surface area contributed by atoms with Crippen LogP contribution in [0.15, 0.2) is 41.1 Å². The molecule has 2 N–H and O–H groups in total. The number of rotatable bonds is 3. The van der Waals surface area contributed by atoms with Crippen LogP contribution in [0.2, 0.25) is 0 Å². The molecule has 0 saturated carbocycles. The van der Waals surface area contributed by atoms with Crippen LogP contribution < -0.4 is 10.6 Å². The maximum atomic E-state index is 12.2. The van der Waals surface area contributed by atoms with E-state index in [4.69, 9.17) is 0 Å². The minimum Gasteiger partial charge on any atom is -0.355 e. The average molecular weight is 348 g/mol. The molecule has 21 heavy (non-hydrogen) atoms. The third kappa shape index (κ3) is 3.66. The van der Waals surface area contributed by atoms with Gasteiger partial charge in [-0.05, 0) is 52.7 Å². The lowest BCUT2D eigenvalue weighted by atomic mass is 10.1. The van der Waals surface area contributed by atoms with Crippen molar-refractivity contribution in [2.45, 2.75) is 6.92 Å². The molecular weight excluding hydrogens is 334 g/mol. The number of hydrogen-bond donors (Lipinski definition) is 2. The van der Waals surface area contributed by atoms with Crippen LogP contribution in [0.4, 0.5) is 5.69 Å². The zero-order valence-corrected chi connectivity index (χ0v) is 13.2. The Kier molecular flexibility index (Phi) is 4.70. The Hall–Kier alpha value is -2.21. The molecule has 1 aromatic heterocycles. The van der Waals surface area contributed by atoms with Crippen molar-refractivity contribution in [2.75, 3.05) is 12.4 Å². The molecule has 0 atom stereocenters. The number of halogens is 1. The molecule has 0 aliphatic carbocycles. The summed E-state index contributed by atoms with van der Waals surface area (Å²) in [6, 6.07) is 8.52. The summed E-state index contributed by atoms with van der Waals surface area (Å²) in [5.41, 5.74) is 2.42. The van der Waals surface area contributed by atoms with Crippen LogP contribution in [0, 0.1) is 6.92 Å². The van der Waals surface area contributed by atoms with E-state index in [1.54, 1.807) is 37.4 Å². The molecule has 0 aliphatic rings. The minimum atomic E-state index is -0.271. The van der Waals surface area contributed by atoms with Crippen LogP contribution in [0.5, 0.6) is 0 Å². The Labute approximate surface area is 130 Å². The summed E-state index contributed by atoms with van der Waals surface area (Å²) >= 11 is 3.22. The van der Waals surface area contributed by atoms with Crippen molar-refractivity contribution in [2.24, 2.45) is 0 Å². The van der Waals surface area contributed by atoms with Crippen LogP contribution in [0.3, 0.4) is 0 Å². The predicted molar refractivity (Wildman–Crippen MR) is 84.5 cm³/mol.